The van der Waals surface area contributed by atoms with E-state index in [0.29, 0.717) is 24.3 Å². The maximum Gasteiger partial charge on any atom is 0.262 e. The van der Waals surface area contributed by atoms with Gasteiger partial charge in [0.1, 0.15) is 10.6 Å². The lowest BCUT2D eigenvalue weighted by molar-refractivity contribution is -0.118. The Morgan fingerprint density at radius 3 is 2.38 bits per heavy atom. The molecule has 8 nitrogen and oxygen atoms in total. The number of carbonyl (C=O) groups excluding carboxylic acids is 2. The summed E-state index contributed by atoms with van der Waals surface area (Å²) in [7, 11) is -3.76. The van der Waals surface area contributed by atoms with Crippen LogP contribution in [0.4, 0.5) is 5.69 Å². The van der Waals surface area contributed by atoms with Crippen molar-refractivity contribution in [2.75, 3.05) is 25.0 Å². The molecule has 0 unspecified atom stereocenters. The number of anilines is 1. The zero-order chi connectivity index (χ0) is 21.0. The van der Waals surface area contributed by atoms with Crippen molar-refractivity contribution in [3.63, 3.8) is 0 Å². The fourth-order valence-electron chi connectivity index (χ4n) is 2.93. The van der Waals surface area contributed by atoms with Crippen LogP contribution in [-0.2, 0) is 14.8 Å². The smallest absolute Gasteiger partial charge is 0.262 e. The third-order valence-electron chi connectivity index (χ3n) is 4.40. The highest BCUT2D eigenvalue weighted by Crippen LogP contribution is 2.31. The van der Waals surface area contributed by atoms with Crippen molar-refractivity contribution in [3.8, 4) is 5.75 Å². The molecule has 1 aliphatic rings. The highest BCUT2D eigenvalue weighted by atomic mass is 35.5. The van der Waals surface area contributed by atoms with Gasteiger partial charge in [0, 0.05) is 29.4 Å². The number of hydrogen-bond donors (Lipinski definition) is 2. The second-order valence-corrected chi connectivity index (χ2v) is 8.82. The second-order valence-electron chi connectivity index (χ2n) is 6.48. The van der Waals surface area contributed by atoms with Crippen LogP contribution in [0.15, 0.2) is 47.4 Å². The van der Waals surface area contributed by atoms with E-state index in [-0.39, 0.29) is 15.7 Å². The molecule has 0 bridgehead atoms. The van der Waals surface area contributed by atoms with Crippen LogP contribution in [0.5, 0.6) is 5.75 Å². The number of carbonyl (C=O) groups is 2. The van der Waals surface area contributed by atoms with Crippen LogP contribution in [0, 0.1) is 0 Å². The number of nitrogens with zero attached hydrogens (tertiary/aromatic N) is 1. The summed E-state index contributed by atoms with van der Waals surface area (Å²) in [5.41, 5.74) is 5.94. The van der Waals surface area contributed by atoms with Crippen molar-refractivity contribution in [1.82, 2.24) is 4.31 Å². The van der Waals surface area contributed by atoms with Crippen molar-refractivity contribution >= 4 is 39.1 Å². The molecule has 1 aliphatic heterocycles. The van der Waals surface area contributed by atoms with Gasteiger partial charge in [-0.1, -0.05) is 11.6 Å². The summed E-state index contributed by atoms with van der Waals surface area (Å²) in [6.45, 7) is 0.480. The summed E-state index contributed by atoms with van der Waals surface area (Å²) in [4.78, 5) is 23.2. The largest absolute Gasteiger partial charge is 0.482 e. The molecule has 0 aromatic heterocycles. The van der Waals surface area contributed by atoms with Gasteiger partial charge in [-0.3, -0.25) is 9.59 Å². The molecule has 2 amide bonds. The fourth-order valence-corrected chi connectivity index (χ4v) is 4.84. The maximum absolute atomic E-state index is 12.9. The summed E-state index contributed by atoms with van der Waals surface area (Å²) in [5, 5.41) is 2.86. The number of rotatable bonds is 7. The predicted octanol–water partition coefficient (Wildman–Crippen LogP) is 2.24. The SMILES string of the molecule is NC(=O)c1ccc(NC(=O)COc2ccc(Cl)cc2S(=O)(=O)N2CCCC2)cc1. The molecule has 2 aromatic rings. The number of primary amides is 1. The van der Waals surface area contributed by atoms with Gasteiger partial charge in [0.2, 0.25) is 15.9 Å². The minimum Gasteiger partial charge on any atom is -0.482 e. The van der Waals surface area contributed by atoms with E-state index in [2.05, 4.69) is 5.32 Å². The first-order chi connectivity index (χ1) is 13.8. The normalized spacial score (nSPS) is 14.5. The molecule has 1 fully saturated rings. The number of sulfonamides is 1. The van der Waals surface area contributed by atoms with Crippen LogP contribution in [0.1, 0.15) is 23.2 Å². The summed E-state index contributed by atoms with van der Waals surface area (Å²) in [6.07, 6.45) is 1.60. The van der Waals surface area contributed by atoms with Gasteiger partial charge in [-0.15, -0.1) is 0 Å². The summed E-state index contributed by atoms with van der Waals surface area (Å²) < 4.78 is 32.6. The average molecular weight is 438 g/mol. The van der Waals surface area contributed by atoms with E-state index in [1.54, 1.807) is 0 Å². The van der Waals surface area contributed by atoms with E-state index < -0.39 is 28.4 Å². The Bertz CT molecular complexity index is 1020. The van der Waals surface area contributed by atoms with Crippen molar-refractivity contribution in [2.45, 2.75) is 17.7 Å². The van der Waals surface area contributed by atoms with Crippen LogP contribution in [-0.4, -0.2) is 44.2 Å². The van der Waals surface area contributed by atoms with Crippen molar-refractivity contribution in [3.05, 3.63) is 53.1 Å². The Labute approximate surface area is 173 Å². The van der Waals surface area contributed by atoms with Crippen molar-refractivity contribution in [2.24, 2.45) is 5.73 Å². The number of benzene rings is 2. The molecule has 2 aromatic carbocycles. The number of amides is 2. The van der Waals surface area contributed by atoms with E-state index in [0.717, 1.165) is 12.8 Å². The Balaban J connectivity index is 1.70. The van der Waals surface area contributed by atoms with E-state index in [1.807, 2.05) is 0 Å². The topological polar surface area (TPSA) is 119 Å². The van der Waals surface area contributed by atoms with Crippen molar-refractivity contribution < 1.29 is 22.7 Å². The van der Waals surface area contributed by atoms with Crippen LogP contribution >= 0.6 is 11.6 Å². The molecule has 10 heteroatoms. The zero-order valence-electron chi connectivity index (χ0n) is 15.4. The monoisotopic (exact) mass is 437 g/mol. The van der Waals surface area contributed by atoms with Crippen LogP contribution < -0.4 is 15.8 Å². The number of nitrogens with one attached hydrogen (secondary N) is 1. The number of ether oxygens (including phenoxy) is 1. The molecule has 1 saturated heterocycles. The van der Waals surface area contributed by atoms with Gasteiger partial charge in [0.25, 0.3) is 5.91 Å². The summed E-state index contributed by atoms with van der Waals surface area (Å²) >= 11 is 5.98. The van der Waals surface area contributed by atoms with Crippen molar-refractivity contribution in [1.29, 1.82) is 0 Å². The summed E-state index contributed by atoms with van der Waals surface area (Å²) in [6, 6.07) is 10.3. The standard InChI is InChI=1S/C19H20ClN3O5S/c20-14-5-8-16(17(11-14)29(26,27)23-9-1-2-10-23)28-12-18(24)22-15-6-3-13(4-7-15)19(21)25/h3-8,11H,1-2,9-10,12H2,(H2,21,25)(H,22,24). The van der Waals surface area contributed by atoms with Gasteiger partial charge in [0.15, 0.2) is 6.61 Å². The average Bonchev–Trinajstić information content (AvgIpc) is 3.23. The first-order valence-electron chi connectivity index (χ1n) is 8.89. The molecular formula is C19H20ClN3O5S. The van der Waals surface area contributed by atoms with E-state index >= 15 is 0 Å². The van der Waals surface area contributed by atoms with Gasteiger partial charge in [-0.05, 0) is 55.3 Å². The Hall–Kier alpha value is -2.62. The molecule has 0 radical (unpaired) electrons. The predicted molar refractivity (Wildman–Crippen MR) is 109 cm³/mol. The maximum atomic E-state index is 12.9. The van der Waals surface area contributed by atoms with Gasteiger partial charge < -0.3 is 15.8 Å². The molecule has 154 valence electrons. The van der Waals surface area contributed by atoms with E-state index in [1.165, 1.54) is 46.8 Å². The molecule has 0 saturated carbocycles. The van der Waals surface area contributed by atoms with Gasteiger partial charge in [-0.25, -0.2) is 8.42 Å². The Morgan fingerprint density at radius 1 is 1.10 bits per heavy atom. The quantitative estimate of drug-likeness (QED) is 0.688. The minimum absolute atomic E-state index is 0.0560. The number of halogens is 1. The van der Waals surface area contributed by atoms with Gasteiger partial charge >= 0.3 is 0 Å². The van der Waals surface area contributed by atoms with Crippen LogP contribution in [0.3, 0.4) is 0 Å². The first kappa shape index (κ1) is 21.1. The molecule has 29 heavy (non-hydrogen) atoms. The third kappa shape index (κ3) is 5.06. The highest BCUT2D eigenvalue weighted by Gasteiger charge is 2.30. The van der Waals surface area contributed by atoms with Crippen LogP contribution in [0.25, 0.3) is 0 Å². The second kappa shape index (κ2) is 8.81. The third-order valence-corrected chi connectivity index (χ3v) is 6.56. The zero-order valence-corrected chi connectivity index (χ0v) is 17.0. The first-order valence-corrected chi connectivity index (χ1v) is 10.7. The Kier molecular flexibility index (Phi) is 6.41. The lowest BCUT2D eigenvalue weighted by Crippen LogP contribution is -2.28. The number of hydrogen-bond acceptors (Lipinski definition) is 5. The fraction of sp³-hybridized carbons (Fsp3) is 0.263. The molecule has 0 spiro atoms. The van der Waals surface area contributed by atoms with Gasteiger partial charge in [0.05, 0.1) is 0 Å². The molecule has 0 atom stereocenters. The molecular weight excluding hydrogens is 418 g/mol. The molecule has 3 rings (SSSR count). The summed E-state index contributed by atoms with van der Waals surface area (Å²) in [5.74, 6) is -1.00. The Morgan fingerprint density at radius 2 is 1.76 bits per heavy atom. The lowest BCUT2D eigenvalue weighted by Gasteiger charge is -2.18. The lowest BCUT2D eigenvalue weighted by atomic mass is 10.2. The minimum atomic E-state index is -3.76. The number of nitrogens with two attached hydrogens (primary N) is 1. The highest BCUT2D eigenvalue weighted by molar-refractivity contribution is 7.89. The van der Waals surface area contributed by atoms with E-state index in [4.69, 9.17) is 22.1 Å². The molecule has 1 heterocycles. The van der Waals surface area contributed by atoms with E-state index in [9.17, 15) is 18.0 Å². The van der Waals surface area contributed by atoms with Gasteiger partial charge in [-0.2, -0.15) is 4.31 Å². The molecule has 3 N–H and O–H groups in total. The van der Waals surface area contributed by atoms with Crippen LogP contribution in [0.2, 0.25) is 5.02 Å². The molecule has 0 aliphatic carbocycles.